The van der Waals surface area contributed by atoms with Gasteiger partial charge in [0.2, 0.25) is 0 Å². The molecule has 1 atom stereocenters. The Hall–Kier alpha value is -3.46. The molecule has 0 spiro atoms. The minimum atomic E-state index is -0.507. The van der Waals surface area contributed by atoms with Gasteiger partial charge in [0, 0.05) is 34.2 Å². The second kappa shape index (κ2) is 11.4. The van der Waals surface area contributed by atoms with Gasteiger partial charge < -0.3 is 5.73 Å². The highest BCUT2D eigenvalue weighted by molar-refractivity contribution is 7.97. The monoisotopic (exact) mass is 581 g/mol. The zero-order chi connectivity index (χ0) is 29.5. The number of nitrogens with zero attached hydrogens (tertiary/aromatic N) is 2. The summed E-state index contributed by atoms with van der Waals surface area (Å²) in [4.78, 5) is 16.0. The summed E-state index contributed by atoms with van der Waals surface area (Å²) < 4.78 is 0. The van der Waals surface area contributed by atoms with Gasteiger partial charge in [0.05, 0.1) is 23.2 Å². The first-order valence-corrected chi connectivity index (χ1v) is 15.5. The Labute approximate surface area is 252 Å². The smallest absolute Gasteiger partial charge is 0.162 e. The van der Waals surface area contributed by atoms with Crippen LogP contribution >= 0.6 is 23.4 Å². The van der Waals surface area contributed by atoms with Gasteiger partial charge in [-0.25, -0.2) is 0 Å². The zero-order valence-electron chi connectivity index (χ0n) is 24.3. The molecule has 0 fully saturated rings. The molecule has 1 heterocycles. The molecule has 3 aromatic rings. The van der Waals surface area contributed by atoms with Crippen LogP contribution < -0.4 is 10.6 Å². The van der Waals surface area contributed by atoms with Gasteiger partial charge in [0.1, 0.15) is 5.82 Å². The average molecular weight is 582 g/mol. The lowest BCUT2D eigenvalue weighted by Crippen LogP contribution is -2.42. The molecule has 41 heavy (non-hydrogen) atoms. The number of hydrogen-bond acceptors (Lipinski definition) is 5. The molecule has 0 aromatic heterocycles. The Morgan fingerprint density at radius 3 is 2.44 bits per heavy atom. The van der Waals surface area contributed by atoms with E-state index < -0.39 is 5.92 Å². The number of allylic oxidation sites excluding steroid dienone is 3. The third-order valence-corrected chi connectivity index (χ3v) is 9.49. The molecule has 0 saturated carbocycles. The van der Waals surface area contributed by atoms with Crippen LogP contribution in [-0.2, 0) is 16.3 Å². The molecular formula is C35H36ClN3OS. The molecule has 1 aliphatic heterocycles. The molecular weight excluding hydrogens is 546 g/mol. The summed E-state index contributed by atoms with van der Waals surface area (Å²) >= 11 is 8.30. The van der Waals surface area contributed by atoms with Crippen molar-refractivity contribution in [1.82, 2.24) is 0 Å². The van der Waals surface area contributed by atoms with Gasteiger partial charge in [-0.05, 0) is 78.1 Å². The van der Waals surface area contributed by atoms with Gasteiger partial charge in [0.25, 0.3) is 0 Å². The highest BCUT2D eigenvalue weighted by Crippen LogP contribution is 2.51. The van der Waals surface area contributed by atoms with Crippen LogP contribution in [0.3, 0.4) is 0 Å². The Balaban J connectivity index is 1.64. The molecule has 210 valence electrons. The van der Waals surface area contributed by atoms with E-state index in [2.05, 4.69) is 70.2 Å². The number of carbonyl (C=O) groups excluding carboxylic acids is 1. The maximum atomic E-state index is 14.0. The number of carbonyl (C=O) groups is 1. The van der Waals surface area contributed by atoms with E-state index in [-0.39, 0.29) is 11.2 Å². The molecule has 0 radical (unpaired) electrons. The molecule has 4 nitrogen and oxygen atoms in total. The van der Waals surface area contributed by atoms with Crippen molar-refractivity contribution in [3.05, 3.63) is 122 Å². The van der Waals surface area contributed by atoms with Gasteiger partial charge in [-0.15, -0.1) is 0 Å². The van der Waals surface area contributed by atoms with Gasteiger partial charge in [-0.1, -0.05) is 74.0 Å². The van der Waals surface area contributed by atoms with Crippen molar-refractivity contribution in [2.75, 3.05) is 4.90 Å². The topological polar surface area (TPSA) is 70.1 Å². The summed E-state index contributed by atoms with van der Waals surface area (Å²) in [5.41, 5.74) is 16.2. The van der Waals surface area contributed by atoms with Crippen molar-refractivity contribution in [1.29, 1.82) is 5.26 Å². The molecule has 1 unspecified atom stereocenters. The molecule has 1 aliphatic carbocycles. The lowest BCUT2D eigenvalue weighted by atomic mass is 9.68. The fourth-order valence-electron chi connectivity index (χ4n) is 6.15. The van der Waals surface area contributed by atoms with Crippen LogP contribution in [0.4, 0.5) is 5.69 Å². The minimum Gasteiger partial charge on any atom is -0.384 e. The molecule has 5 rings (SSSR count). The highest BCUT2D eigenvalue weighted by atomic mass is 35.5. The maximum absolute atomic E-state index is 14.0. The van der Waals surface area contributed by atoms with Crippen molar-refractivity contribution in [3.8, 4) is 6.07 Å². The first-order chi connectivity index (χ1) is 19.5. The van der Waals surface area contributed by atoms with Gasteiger partial charge in [-0.2, -0.15) is 17.0 Å². The third kappa shape index (κ3) is 5.69. The van der Waals surface area contributed by atoms with Crippen LogP contribution in [0.2, 0.25) is 5.02 Å². The number of halogens is 1. The number of thioether (sulfide) groups is 1. The summed E-state index contributed by atoms with van der Waals surface area (Å²) in [6.45, 7) is 10.4. The van der Waals surface area contributed by atoms with Gasteiger partial charge >= 0.3 is 0 Å². The largest absolute Gasteiger partial charge is 0.384 e. The van der Waals surface area contributed by atoms with E-state index in [0.29, 0.717) is 34.8 Å². The molecule has 0 bridgehead atoms. The van der Waals surface area contributed by atoms with Gasteiger partial charge in [-0.3, -0.25) is 9.69 Å². The predicted molar refractivity (Wildman–Crippen MR) is 171 cm³/mol. The number of Topliss-reactive ketones (excluding diaryl/α,β-unsaturated/α-hetero) is 1. The summed E-state index contributed by atoms with van der Waals surface area (Å²) in [6, 6.07) is 22.9. The number of nitrogens with two attached hydrogens (primary N) is 1. The predicted octanol–water partition coefficient (Wildman–Crippen LogP) is 8.64. The average Bonchev–Trinajstić information content (AvgIpc) is 2.91. The Morgan fingerprint density at radius 1 is 1.00 bits per heavy atom. The summed E-state index contributed by atoms with van der Waals surface area (Å²) in [5, 5.41) is 11.1. The molecule has 2 N–H and O–H groups in total. The normalized spacial score (nSPS) is 18.4. The van der Waals surface area contributed by atoms with Gasteiger partial charge in [0.15, 0.2) is 5.78 Å². The standard InChI is InChI=1S/C35H36ClN3OS/c1-21-11-12-26(36)15-29(21)39-30-16-35(4,5)17-31(40)33(30)32(28(18-37)34(39)38)27-14-25(22(2)13-23(27)3)20-41-19-24-9-7-6-8-10-24/h6-15,32H,16-17,19-20,38H2,1-5H3. The summed E-state index contributed by atoms with van der Waals surface area (Å²) in [7, 11) is 0. The van der Waals surface area contributed by atoms with Crippen LogP contribution in [0, 0.1) is 37.5 Å². The summed E-state index contributed by atoms with van der Waals surface area (Å²) in [6.07, 6.45) is 1.09. The van der Waals surface area contributed by atoms with E-state index in [1.165, 1.54) is 16.7 Å². The fraction of sp³-hybridized carbons (Fsp3) is 0.314. The van der Waals surface area contributed by atoms with Crippen molar-refractivity contribution in [3.63, 3.8) is 0 Å². The van der Waals surface area contributed by atoms with Crippen molar-refractivity contribution in [2.24, 2.45) is 11.1 Å². The molecule has 0 amide bonds. The van der Waals surface area contributed by atoms with Crippen LogP contribution in [0.25, 0.3) is 0 Å². The third-order valence-electron chi connectivity index (χ3n) is 8.20. The number of rotatable bonds is 6. The van der Waals surface area contributed by atoms with E-state index in [1.807, 2.05) is 47.9 Å². The van der Waals surface area contributed by atoms with Crippen molar-refractivity contribution >= 4 is 34.8 Å². The van der Waals surface area contributed by atoms with Crippen LogP contribution in [0.5, 0.6) is 0 Å². The number of aryl methyl sites for hydroxylation is 3. The van der Waals surface area contributed by atoms with Crippen molar-refractivity contribution < 1.29 is 4.79 Å². The number of hydrogen-bond donors (Lipinski definition) is 1. The van der Waals surface area contributed by atoms with E-state index in [9.17, 15) is 10.1 Å². The SMILES string of the molecule is Cc1cc(C)c(C2C(C#N)=C(N)N(c3cc(Cl)ccc3C)C3=C2C(=O)CC(C)(C)C3)cc1CSCc1ccccc1. The van der Waals surface area contributed by atoms with E-state index in [1.54, 1.807) is 0 Å². The Bertz CT molecular complexity index is 1630. The van der Waals surface area contributed by atoms with Crippen molar-refractivity contribution in [2.45, 2.75) is 64.9 Å². The van der Waals surface area contributed by atoms with Crippen LogP contribution in [0.15, 0.2) is 83.3 Å². The molecule has 3 aromatic carbocycles. The number of nitriles is 1. The highest BCUT2D eigenvalue weighted by Gasteiger charge is 2.45. The van der Waals surface area contributed by atoms with E-state index >= 15 is 0 Å². The Kier molecular flexibility index (Phi) is 8.10. The zero-order valence-corrected chi connectivity index (χ0v) is 25.9. The lowest BCUT2D eigenvalue weighted by Gasteiger charge is -2.44. The van der Waals surface area contributed by atoms with Crippen LogP contribution in [-0.4, -0.2) is 5.78 Å². The molecule has 0 saturated heterocycles. The minimum absolute atomic E-state index is 0.0751. The van der Waals surface area contributed by atoms with E-state index in [4.69, 9.17) is 17.3 Å². The fourth-order valence-corrected chi connectivity index (χ4v) is 7.38. The number of anilines is 1. The Morgan fingerprint density at radius 2 is 1.73 bits per heavy atom. The summed E-state index contributed by atoms with van der Waals surface area (Å²) in [5.74, 6) is 1.69. The number of ketones is 1. The quantitative estimate of drug-likeness (QED) is 0.315. The molecule has 2 aliphatic rings. The second-order valence-corrected chi connectivity index (χ2v) is 13.4. The maximum Gasteiger partial charge on any atom is 0.162 e. The van der Waals surface area contributed by atoms with Crippen LogP contribution in [0.1, 0.15) is 66.0 Å². The van der Waals surface area contributed by atoms with E-state index in [0.717, 1.165) is 39.6 Å². The first-order valence-electron chi connectivity index (χ1n) is 13.9. The number of benzene rings is 3. The molecule has 6 heteroatoms. The lowest BCUT2D eigenvalue weighted by molar-refractivity contribution is -0.118. The second-order valence-electron chi connectivity index (χ2n) is 12.0. The first kappa shape index (κ1) is 29.0.